The molecule has 2 heterocycles. The van der Waals surface area contributed by atoms with Crippen molar-refractivity contribution in [2.75, 3.05) is 31.1 Å². The van der Waals surface area contributed by atoms with E-state index in [0.717, 1.165) is 36.0 Å². The lowest BCUT2D eigenvalue weighted by Gasteiger charge is -2.37. The van der Waals surface area contributed by atoms with E-state index in [1.165, 1.54) is 11.1 Å². The maximum atomic E-state index is 12.2. The third kappa shape index (κ3) is 4.30. The molecule has 1 saturated heterocycles. The van der Waals surface area contributed by atoms with Crippen molar-refractivity contribution in [2.24, 2.45) is 0 Å². The Hall–Kier alpha value is -2.14. The number of halogens is 1. The zero-order valence-corrected chi connectivity index (χ0v) is 18.1. The molecule has 0 radical (unpaired) electrons. The second kappa shape index (κ2) is 8.48. The van der Waals surface area contributed by atoms with Gasteiger partial charge in [0.25, 0.3) is 0 Å². The molecule has 1 fully saturated rings. The number of anilines is 1. The number of hydrogen-bond donors (Lipinski definition) is 0. The highest BCUT2D eigenvalue weighted by atomic mass is 35.5. The number of aryl methyl sites for hydroxylation is 2. The third-order valence-corrected chi connectivity index (χ3v) is 5.42. The van der Waals surface area contributed by atoms with Gasteiger partial charge in [-0.3, -0.25) is 4.79 Å². The monoisotopic (exact) mass is 400 g/mol. The Morgan fingerprint density at radius 3 is 2.14 bits per heavy atom. The van der Waals surface area contributed by atoms with E-state index in [-0.39, 0.29) is 5.91 Å². The van der Waals surface area contributed by atoms with Crippen molar-refractivity contribution < 1.29 is 4.79 Å². The molecule has 0 aliphatic carbocycles. The quantitative estimate of drug-likeness (QED) is 0.723. The number of piperazine rings is 1. The summed E-state index contributed by atoms with van der Waals surface area (Å²) in [6.07, 6.45) is 0. The average molecular weight is 401 g/mol. The number of hydrogen-bond acceptors (Lipinski definition) is 4. The van der Waals surface area contributed by atoms with E-state index in [1.54, 1.807) is 6.92 Å². The zero-order chi connectivity index (χ0) is 20.4. The van der Waals surface area contributed by atoms with Gasteiger partial charge in [0.05, 0.1) is 0 Å². The van der Waals surface area contributed by atoms with E-state index in [0.29, 0.717) is 19.0 Å². The van der Waals surface area contributed by atoms with Gasteiger partial charge in [-0.1, -0.05) is 43.7 Å². The molecule has 1 atom stereocenters. The molecule has 2 aromatic rings. The highest BCUT2D eigenvalue weighted by Crippen LogP contribution is 2.31. The number of carbonyl (C=O) groups is 1. The lowest BCUT2D eigenvalue weighted by molar-refractivity contribution is -0.130. The normalized spacial score (nSPS) is 15.8. The Kier molecular flexibility index (Phi) is 6.23. The van der Waals surface area contributed by atoms with Crippen molar-refractivity contribution in [3.05, 3.63) is 41.1 Å². The lowest BCUT2D eigenvalue weighted by Crippen LogP contribution is -2.51. The summed E-state index contributed by atoms with van der Waals surface area (Å²) in [6, 6.07) is 8.31. The molecule has 0 N–H and O–H groups in total. The Morgan fingerprint density at radius 2 is 1.61 bits per heavy atom. The summed E-state index contributed by atoms with van der Waals surface area (Å²) < 4.78 is 0. The van der Waals surface area contributed by atoms with Gasteiger partial charge in [0, 0.05) is 43.0 Å². The molecule has 1 aromatic carbocycles. The number of alkyl halides is 1. The van der Waals surface area contributed by atoms with Crippen LogP contribution in [-0.2, 0) is 4.79 Å². The maximum Gasteiger partial charge on any atom is 0.240 e. The van der Waals surface area contributed by atoms with Crippen LogP contribution in [0.3, 0.4) is 0 Å². The molecule has 1 amide bonds. The van der Waals surface area contributed by atoms with Gasteiger partial charge in [0.15, 0.2) is 5.82 Å². The van der Waals surface area contributed by atoms with E-state index in [4.69, 9.17) is 21.6 Å². The minimum Gasteiger partial charge on any atom is -0.353 e. The van der Waals surface area contributed by atoms with Crippen molar-refractivity contribution in [3.8, 4) is 11.4 Å². The van der Waals surface area contributed by atoms with E-state index < -0.39 is 5.38 Å². The molecule has 6 heteroatoms. The number of amides is 1. The Balaban J connectivity index is 1.93. The predicted octanol–water partition coefficient (Wildman–Crippen LogP) is 4.16. The van der Waals surface area contributed by atoms with Crippen molar-refractivity contribution in [2.45, 2.75) is 45.9 Å². The summed E-state index contributed by atoms with van der Waals surface area (Å²) in [4.78, 5) is 26.1. The van der Waals surface area contributed by atoms with Crippen LogP contribution in [0.4, 0.5) is 5.82 Å². The Bertz CT molecular complexity index is 840. The smallest absolute Gasteiger partial charge is 0.240 e. The van der Waals surface area contributed by atoms with Gasteiger partial charge < -0.3 is 9.80 Å². The van der Waals surface area contributed by atoms with Crippen LogP contribution in [0.1, 0.15) is 43.5 Å². The van der Waals surface area contributed by atoms with Gasteiger partial charge in [-0.25, -0.2) is 9.97 Å². The summed E-state index contributed by atoms with van der Waals surface area (Å²) in [6.45, 7) is 13.0. The fraction of sp³-hybridized carbons (Fsp3) is 0.500. The average Bonchev–Trinajstić information content (AvgIpc) is 2.67. The summed E-state index contributed by atoms with van der Waals surface area (Å²) in [5, 5.41) is -0.479. The topological polar surface area (TPSA) is 49.3 Å². The van der Waals surface area contributed by atoms with Gasteiger partial charge in [-0.15, -0.1) is 11.6 Å². The number of aromatic nitrogens is 2. The first-order valence-electron chi connectivity index (χ1n) is 9.91. The summed E-state index contributed by atoms with van der Waals surface area (Å²) in [5.74, 6) is 2.07. The van der Waals surface area contributed by atoms with Gasteiger partial charge in [-0.2, -0.15) is 0 Å². The lowest BCUT2D eigenvalue weighted by atomic mass is 10.0. The van der Waals surface area contributed by atoms with Gasteiger partial charge in [0.1, 0.15) is 11.2 Å². The van der Waals surface area contributed by atoms with Gasteiger partial charge in [0.2, 0.25) is 5.91 Å². The molecular weight excluding hydrogens is 372 g/mol. The molecule has 0 bridgehead atoms. The van der Waals surface area contributed by atoms with Crippen molar-refractivity contribution in [3.63, 3.8) is 0 Å². The minimum atomic E-state index is -0.479. The fourth-order valence-corrected chi connectivity index (χ4v) is 3.84. The Labute approximate surface area is 172 Å². The SMILES string of the molecule is Cc1ccc(-c2nc(C)c(C(C)C)c(N3CCN(C(=O)[C@@H](C)Cl)CC3)n2)cc1. The van der Waals surface area contributed by atoms with Gasteiger partial charge >= 0.3 is 0 Å². The summed E-state index contributed by atoms with van der Waals surface area (Å²) in [7, 11) is 0. The maximum absolute atomic E-state index is 12.2. The molecule has 1 aromatic heterocycles. The molecular formula is C22H29ClN4O. The van der Waals surface area contributed by atoms with E-state index in [2.05, 4.69) is 56.9 Å². The molecule has 0 unspecified atom stereocenters. The standard InChI is InChI=1S/C22H29ClN4O/c1-14(2)19-17(5)24-20(18-8-6-15(3)7-9-18)25-21(19)26-10-12-27(13-11-26)22(28)16(4)23/h6-9,14,16H,10-13H2,1-5H3/t16-/m1/s1. The van der Waals surface area contributed by atoms with Crippen molar-refractivity contribution in [1.82, 2.24) is 14.9 Å². The van der Waals surface area contributed by atoms with E-state index in [9.17, 15) is 4.79 Å². The summed E-state index contributed by atoms with van der Waals surface area (Å²) in [5.41, 5.74) is 4.44. The largest absolute Gasteiger partial charge is 0.353 e. The molecule has 3 rings (SSSR count). The van der Waals surface area contributed by atoms with Crippen molar-refractivity contribution in [1.29, 1.82) is 0 Å². The van der Waals surface area contributed by atoms with E-state index in [1.807, 2.05) is 4.90 Å². The molecule has 0 spiro atoms. The van der Waals surface area contributed by atoms with Crippen LogP contribution < -0.4 is 4.90 Å². The first kappa shape index (κ1) is 20.6. The highest BCUT2D eigenvalue weighted by Gasteiger charge is 2.27. The Morgan fingerprint density at radius 1 is 1.00 bits per heavy atom. The predicted molar refractivity (Wildman–Crippen MR) is 115 cm³/mol. The second-order valence-corrected chi connectivity index (χ2v) is 8.47. The second-order valence-electron chi connectivity index (χ2n) is 7.82. The third-order valence-electron chi connectivity index (χ3n) is 5.23. The molecule has 1 aliphatic rings. The van der Waals surface area contributed by atoms with Crippen LogP contribution in [-0.4, -0.2) is 52.3 Å². The molecule has 0 saturated carbocycles. The number of benzene rings is 1. The zero-order valence-electron chi connectivity index (χ0n) is 17.4. The van der Waals surface area contributed by atoms with Crippen LogP contribution in [0.15, 0.2) is 24.3 Å². The molecule has 28 heavy (non-hydrogen) atoms. The number of rotatable bonds is 4. The van der Waals surface area contributed by atoms with Crippen LogP contribution in [0, 0.1) is 13.8 Å². The highest BCUT2D eigenvalue weighted by molar-refractivity contribution is 6.30. The molecule has 150 valence electrons. The number of nitrogens with zero attached hydrogens (tertiary/aromatic N) is 4. The first-order valence-corrected chi connectivity index (χ1v) is 10.3. The molecule has 1 aliphatic heterocycles. The minimum absolute atomic E-state index is 0.00427. The molecule has 5 nitrogen and oxygen atoms in total. The van der Waals surface area contributed by atoms with Crippen LogP contribution >= 0.6 is 11.6 Å². The van der Waals surface area contributed by atoms with Gasteiger partial charge in [-0.05, 0) is 26.7 Å². The van der Waals surface area contributed by atoms with Crippen LogP contribution in [0.2, 0.25) is 0 Å². The van der Waals surface area contributed by atoms with Crippen LogP contribution in [0.25, 0.3) is 11.4 Å². The fourth-order valence-electron chi connectivity index (χ4n) is 3.71. The van der Waals surface area contributed by atoms with E-state index >= 15 is 0 Å². The summed E-state index contributed by atoms with van der Waals surface area (Å²) >= 11 is 5.98. The van der Waals surface area contributed by atoms with Crippen molar-refractivity contribution >= 4 is 23.3 Å². The van der Waals surface area contributed by atoms with Crippen LogP contribution in [0.5, 0.6) is 0 Å². The number of carbonyl (C=O) groups excluding carboxylic acids is 1. The first-order chi connectivity index (χ1) is 13.3.